The lowest BCUT2D eigenvalue weighted by Gasteiger charge is -2.10. The third-order valence-corrected chi connectivity index (χ3v) is 4.20. The van der Waals surface area contributed by atoms with E-state index in [4.69, 9.17) is 9.47 Å². The summed E-state index contributed by atoms with van der Waals surface area (Å²) >= 11 is 0. The Morgan fingerprint density at radius 1 is 1.03 bits per heavy atom. The molecule has 1 aromatic heterocycles. The Hall–Kier alpha value is -3.61. The first-order chi connectivity index (χ1) is 14.1. The average Bonchev–Trinajstić information content (AvgIpc) is 3.18. The minimum Gasteiger partial charge on any atom is -0.480 e. The van der Waals surface area contributed by atoms with Crippen LogP contribution in [0.5, 0.6) is 5.75 Å². The Morgan fingerprint density at radius 2 is 1.76 bits per heavy atom. The molecular formula is C22H23N3O4. The number of rotatable bonds is 8. The van der Waals surface area contributed by atoms with Crippen molar-refractivity contribution in [2.24, 2.45) is 0 Å². The molecule has 0 unspecified atom stereocenters. The van der Waals surface area contributed by atoms with Crippen molar-refractivity contribution < 1.29 is 19.1 Å². The molecule has 2 aromatic carbocycles. The van der Waals surface area contributed by atoms with Gasteiger partial charge in [0.1, 0.15) is 0 Å². The van der Waals surface area contributed by atoms with Gasteiger partial charge in [-0.1, -0.05) is 43.3 Å². The molecule has 0 saturated heterocycles. The van der Waals surface area contributed by atoms with Gasteiger partial charge >= 0.3 is 5.97 Å². The van der Waals surface area contributed by atoms with Crippen LogP contribution in [0.15, 0.2) is 60.8 Å². The summed E-state index contributed by atoms with van der Waals surface area (Å²) in [7, 11) is 0. The van der Waals surface area contributed by atoms with E-state index in [9.17, 15) is 9.59 Å². The number of aromatic nitrogens is 2. The van der Waals surface area contributed by atoms with E-state index < -0.39 is 5.97 Å². The number of aryl methyl sites for hydroxylation is 1. The molecule has 0 radical (unpaired) electrons. The lowest BCUT2D eigenvalue weighted by molar-refractivity contribution is -0.118. The lowest BCUT2D eigenvalue weighted by Crippen LogP contribution is -2.21. The van der Waals surface area contributed by atoms with Crippen LogP contribution in [-0.4, -0.2) is 34.9 Å². The Kier molecular flexibility index (Phi) is 6.63. The van der Waals surface area contributed by atoms with Crippen LogP contribution < -0.4 is 10.1 Å². The Balaban J connectivity index is 1.76. The van der Waals surface area contributed by atoms with E-state index in [2.05, 4.69) is 10.4 Å². The minimum absolute atomic E-state index is 0.0254. The van der Waals surface area contributed by atoms with Gasteiger partial charge in [-0.05, 0) is 37.1 Å². The van der Waals surface area contributed by atoms with Crippen molar-refractivity contribution in [2.45, 2.75) is 20.3 Å². The highest BCUT2D eigenvalue weighted by Crippen LogP contribution is 2.21. The van der Waals surface area contributed by atoms with Crippen molar-refractivity contribution in [1.29, 1.82) is 0 Å². The Morgan fingerprint density at radius 3 is 2.48 bits per heavy atom. The SMILES string of the molecule is CCOC(=O)c1nn(-c2ccccc2)cc1OCC(=O)Nc1ccccc1CC. The van der Waals surface area contributed by atoms with E-state index in [-0.39, 0.29) is 30.6 Å². The summed E-state index contributed by atoms with van der Waals surface area (Å²) in [6.07, 6.45) is 2.36. The summed E-state index contributed by atoms with van der Waals surface area (Å²) in [6, 6.07) is 16.9. The van der Waals surface area contributed by atoms with Crippen molar-refractivity contribution in [3.8, 4) is 11.4 Å². The van der Waals surface area contributed by atoms with Gasteiger partial charge in [-0.15, -0.1) is 0 Å². The first-order valence-corrected chi connectivity index (χ1v) is 9.45. The molecule has 150 valence electrons. The predicted molar refractivity (Wildman–Crippen MR) is 109 cm³/mol. The van der Waals surface area contributed by atoms with Gasteiger partial charge in [0.15, 0.2) is 12.4 Å². The summed E-state index contributed by atoms with van der Waals surface area (Å²) in [5, 5.41) is 7.11. The molecule has 1 heterocycles. The number of nitrogens with zero attached hydrogens (tertiary/aromatic N) is 2. The highest BCUT2D eigenvalue weighted by molar-refractivity contribution is 5.93. The molecular weight excluding hydrogens is 370 g/mol. The quantitative estimate of drug-likeness (QED) is 0.591. The molecule has 7 nitrogen and oxygen atoms in total. The number of amides is 1. The predicted octanol–water partition coefficient (Wildman–Crippen LogP) is 3.63. The highest BCUT2D eigenvalue weighted by atomic mass is 16.5. The molecule has 29 heavy (non-hydrogen) atoms. The van der Waals surface area contributed by atoms with E-state index in [1.54, 1.807) is 13.1 Å². The van der Waals surface area contributed by atoms with Crippen molar-refractivity contribution >= 4 is 17.6 Å². The Labute approximate surface area is 169 Å². The zero-order valence-corrected chi connectivity index (χ0v) is 16.4. The summed E-state index contributed by atoms with van der Waals surface area (Å²) < 4.78 is 12.2. The fourth-order valence-corrected chi connectivity index (χ4v) is 2.80. The molecule has 0 fully saturated rings. The number of carbonyl (C=O) groups is 2. The van der Waals surface area contributed by atoms with Gasteiger partial charge in [0, 0.05) is 5.69 Å². The Bertz CT molecular complexity index is 983. The smallest absolute Gasteiger partial charge is 0.362 e. The number of para-hydroxylation sites is 2. The van der Waals surface area contributed by atoms with E-state index in [0.29, 0.717) is 0 Å². The van der Waals surface area contributed by atoms with Crippen LogP contribution in [0, 0.1) is 0 Å². The molecule has 0 aliphatic heterocycles. The fraction of sp³-hybridized carbons (Fsp3) is 0.227. The number of hydrogen-bond donors (Lipinski definition) is 1. The molecule has 1 amide bonds. The summed E-state index contributed by atoms with van der Waals surface area (Å²) in [4.78, 5) is 24.6. The molecule has 0 bridgehead atoms. The van der Waals surface area contributed by atoms with Gasteiger partial charge in [-0.3, -0.25) is 4.79 Å². The number of anilines is 1. The van der Waals surface area contributed by atoms with Gasteiger partial charge in [0.05, 0.1) is 18.5 Å². The summed E-state index contributed by atoms with van der Waals surface area (Å²) in [6.45, 7) is 3.69. The van der Waals surface area contributed by atoms with Crippen LogP contribution in [0.1, 0.15) is 29.9 Å². The van der Waals surface area contributed by atoms with Gasteiger partial charge in [0.2, 0.25) is 5.69 Å². The number of hydrogen-bond acceptors (Lipinski definition) is 5. The van der Waals surface area contributed by atoms with Gasteiger partial charge in [-0.25, -0.2) is 9.48 Å². The first kappa shape index (κ1) is 20.1. The molecule has 3 rings (SSSR count). The van der Waals surface area contributed by atoms with E-state index in [0.717, 1.165) is 23.4 Å². The highest BCUT2D eigenvalue weighted by Gasteiger charge is 2.21. The maximum Gasteiger partial charge on any atom is 0.362 e. The first-order valence-electron chi connectivity index (χ1n) is 9.45. The zero-order valence-electron chi connectivity index (χ0n) is 16.4. The third-order valence-electron chi connectivity index (χ3n) is 4.20. The maximum atomic E-state index is 12.4. The number of esters is 1. The molecule has 7 heteroatoms. The zero-order chi connectivity index (χ0) is 20.6. The molecule has 0 saturated carbocycles. The normalized spacial score (nSPS) is 10.4. The minimum atomic E-state index is -0.603. The van der Waals surface area contributed by atoms with Crippen LogP contribution in [0.25, 0.3) is 5.69 Å². The van der Waals surface area contributed by atoms with Crippen LogP contribution in [0.4, 0.5) is 5.69 Å². The molecule has 0 atom stereocenters. The van der Waals surface area contributed by atoms with Crippen LogP contribution >= 0.6 is 0 Å². The second-order valence-corrected chi connectivity index (χ2v) is 6.19. The molecule has 0 aliphatic rings. The van der Waals surface area contributed by atoms with Crippen LogP contribution in [0.2, 0.25) is 0 Å². The topological polar surface area (TPSA) is 82.4 Å². The van der Waals surface area contributed by atoms with E-state index in [1.807, 2.05) is 61.5 Å². The monoisotopic (exact) mass is 393 g/mol. The third kappa shape index (κ3) is 5.01. The van der Waals surface area contributed by atoms with Crippen molar-refractivity contribution in [3.05, 3.63) is 72.1 Å². The van der Waals surface area contributed by atoms with E-state index in [1.165, 1.54) is 4.68 Å². The van der Waals surface area contributed by atoms with Crippen molar-refractivity contribution in [3.63, 3.8) is 0 Å². The second kappa shape index (κ2) is 9.54. The van der Waals surface area contributed by atoms with Crippen molar-refractivity contribution in [2.75, 3.05) is 18.5 Å². The van der Waals surface area contributed by atoms with E-state index >= 15 is 0 Å². The average molecular weight is 393 g/mol. The number of ether oxygens (including phenoxy) is 2. The fourth-order valence-electron chi connectivity index (χ4n) is 2.80. The van der Waals surface area contributed by atoms with Crippen LogP contribution in [0.3, 0.4) is 0 Å². The second-order valence-electron chi connectivity index (χ2n) is 6.19. The number of carbonyl (C=O) groups excluding carboxylic acids is 2. The molecule has 0 aliphatic carbocycles. The van der Waals surface area contributed by atoms with Gasteiger partial charge < -0.3 is 14.8 Å². The van der Waals surface area contributed by atoms with Crippen LogP contribution in [-0.2, 0) is 16.0 Å². The van der Waals surface area contributed by atoms with Gasteiger partial charge in [0.25, 0.3) is 5.91 Å². The number of benzene rings is 2. The molecule has 3 aromatic rings. The van der Waals surface area contributed by atoms with Crippen molar-refractivity contribution in [1.82, 2.24) is 9.78 Å². The maximum absolute atomic E-state index is 12.4. The molecule has 1 N–H and O–H groups in total. The molecule has 0 spiro atoms. The lowest BCUT2D eigenvalue weighted by atomic mass is 10.1. The largest absolute Gasteiger partial charge is 0.480 e. The standard InChI is InChI=1S/C22H23N3O4/c1-3-16-10-8-9-13-18(16)23-20(26)15-29-19-14-25(17-11-6-5-7-12-17)24-21(19)22(27)28-4-2/h5-14H,3-4,15H2,1-2H3,(H,23,26). The summed E-state index contributed by atoms with van der Waals surface area (Å²) in [5.74, 6) is -0.742. The number of nitrogens with one attached hydrogen (secondary N) is 1. The van der Waals surface area contributed by atoms with Gasteiger partial charge in [-0.2, -0.15) is 5.10 Å². The summed E-state index contributed by atoms with van der Waals surface area (Å²) in [5.41, 5.74) is 2.56.